The summed E-state index contributed by atoms with van der Waals surface area (Å²) < 4.78 is 33.2. The van der Waals surface area contributed by atoms with E-state index >= 15 is 0 Å². The van der Waals surface area contributed by atoms with Crippen molar-refractivity contribution in [3.63, 3.8) is 0 Å². The third-order valence-corrected chi connectivity index (χ3v) is 8.40. The van der Waals surface area contributed by atoms with Crippen molar-refractivity contribution in [3.05, 3.63) is 48.0 Å². The Morgan fingerprint density at radius 1 is 1.03 bits per heavy atom. The molecule has 0 atom stereocenters. The minimum Gasteiger partial charge on any atom is -0.497 e. The molecule has 1 amide bonds. The molecule has 2 aromatic carbocycles. The van der Waals surface area contributed by atoms with Crippen molar-refractivity contribution in [2.75, 3.05) is 52.8 Å². The summed E-state index contributed by atoms with van der Waals surface area (Å²) in [5, 5.41) is 0.589. The number of aromatic nitrogens is 1. The number of carbonyl (C=O) groups is 1. The Labute approximate surface area is 205 Å². The van der Waals surface area contributed by atoms with E-state index in [1.54, 1.807) is 31.2 Å². The Hall–Kier alpha value is -2.53. The van der Waals surface area contributed by atoms with Crippen LogP contribution in [0, 0.1) is 0 Å². The largest absolute Gasteiger partial charge is 0.497 e. The summed E-state index contributed by atoms with van der Waals surface area (Å²) in [5.74, 6) is 0.479. The standard InChI is InChI=1S/C24H32N4O4S2/c1-6-7-14-27(4)34(30,31)20-11-8-18(9-12-20)23(29)28(16-15-26(2)3)24-25-21-17-19(32-5)10-13-22(21)33-24/h8-13,17H,6-7,14-16H2,1-5H3. The number of nitrogens with zero attached hydrogens (tertiary/aromatic N) is 4. The Morgan fingerprint density at radius 2 is 1.74 bits per heavy atom. The van der Waals surface area contributed by atoms with Crippen LogP contribution in [0.1, 0.15) is 30.1 Å². The number of ether oxygens (including phenoxy) is 1. The molecule has 0 spiro atoms. The quantitative estimate of drug-likeness (QED) is 0.393. The summed E-state index contributed by atoms with van der Waals surface area (Å²) in [7, 11) is 3.48. The zero-order valence-corrected chi connectivity index (χ0v) is 21.9. The predicted molar refractivity (Wildman–Crippen MR) is 138 cm³/mol. The Balaban J connectivity index is 1.90. The number of benzene rings is 2. The SMILES string of the molecule is CCCCN(C)S(=O)(=O)c1ccc(C(=O)N(CCN(C)C)c2nc3cc(OC)ccc3s2)cc1. The fourth-order valence-corrected chi connectivity index (χ4v) is 5.51. The van der Waals surface area contributed by atoms with E-state index in [4.69, 9.17) is 4.74 Å². The van der Waals surface area contributed by atoms with Crippen molar-refractivity contribution in [1.82, 2.24) is 14.2 Å². The van der Waals surface area contributed by atoms with Crippen molar-refractivity contribution in [3.8, 4) is 5.75 Å². The second-order valence-corrected chi connectivity index (χ2v) is 11.3. The number of amides is 1. The Bertz CT molecular complexity index is 1220. The van der Waals surface area contributed by atoms with Gasteiger partial charge in [-0.1, -0.05) is 24.7 Å². The summed E-state index contributed by atoms with van der Waals surface area (Å²) >= 11 is 1.44. The van der Waals surface area contributed by atoms with E-state index in [0.29, 0.717) is 36.1 Å². The highest BCUT2D eigenvalue weighted by Gasteiger charge is 2.24. The first kappa shape index (κ1) is 26.1. The summed E-state index contributed by atoms with van der Waals surface area (Å²) in [4.78, 5) is 22.0. The lowest BCUT2D eigenvalue weighted by Crippen LogP contribution is -2.36. The van der Waals surface area contributed by atoms with E-state index in [1.807, 2.05) is 44.1 Å². The zero-order chi connectivity index (χ0) is 24.9. The summed E-state index contributed by atoms with van der Waals surface area (Å²) in [6, 6.07) is 11.8. The molecule has 8 nitrogen and oxygen atoms in total. The predicted octanol–water partition coefficient (Wildman–Crippen LogP) is 3.93. The molecule has 0 saturated carbocycles. The van der Waals surface area contributed by atoms with Gasteiger partial charge in [0, 0.05) is 38.3 Å². The second-order valence-electron chi connectivity index (χ2n) is 8.29. The maximum absolute atomic E-state index is 13.5. The minimum atomic E-state index is -3.59. The van der Waals surface area contributed by atoms with E-state index in [-0.39, 0.29) is 10.8 Å². The molecule has 0 aliphatic rings. The van der Waals surface area contributed by atoms with Gasteiger partial charge in [-0.2, -0.15) is 0 Å². The molecule has 184 valence electrons. The number of hydrogen-bond donors (Lipinski definition) is 0. The number of methoxy groups -OCH3 is 1. The molecule has 3 aromatic rings. The molecule has 1 aromatic heterocycles. The minimum absolute atomic E-state index is 0.176. The van der Waals surface area contributed by atoms with Gasteiger partial charge in [-0.25, -0.2) is 17.7 Å². The highest BCUT2D eigenvalue weighted by atomic mass is 32.2. The molecule has 0 aliphatic heterocycles. The highest BCUT2D eigenvalue weighted by molar-refractivity contribution is 7.89. The Kier molecular flexibility index (Phi) is 8.64. The Morgan fingerprint density at radius 3 is 2.35 bits per heavy atom. The van der Waals surface area contributed by atoms with Crippen LogP contribution in [0.25, 0.3) is 10.2 Å². The first-order chi connectivity index (χ1) is 16.2. The van der Waals surface area contributed by atoms with Gasteiger partial charge in [0.25, 0.3) is 5.91 Å². The van der Waals surface area contributed by atoms with Crippen LogP contribution < -0.4 is 9.64 Å². The van der Waals surface area contributed by atoms with Crippen LogP contribution in [0.15, 0.2) is 47.4 Å². The van der Waals surface area contributed by atoms with Crippen molar-refractivity contribution in [2.24, 2.45) is 0 Å². The number of rotatable bonds is 11. The van der Waals surface area contributed by atoms with Crippen LogP contribution in [-0.4, -0.2) is 76.4 Å². The van der Waals surface area contributed by atoms with Gasteiger partial charge in [-0.3, -0.25) is 9.69 Å². The summed E-state index contributed by atoms with van der Waals surface area (Å²) in [6.45, 7) is 3.58. The van der Waals surface area contributed by atoms with Crippen LogP contribution in [0.3, 0.4) is 0 Å². The molecule has 0 radical (unpaired) electrons. The van der Waals surface area contributed by atoms with Crippen molar-refractivity contribution in [2.45, 2.75) is 24.7 Å². The third-order valence-electron chi connectivity index (χ3n) is 5.47. The molecule has 0 saturated heterocycles. The van der Waals surface area contributed by atoms with Gasteiger partial charge >= 0.3 is 0 Å². The number of carbonyl (C=O) groups excluding carboxylic acids is 1. The van der Waals surface area contributed by atoms with E-state index < -0.39 is 10.0 Å². The maximum Gasteiger partial charge on any atom is 0.260 e. The van der Waals surface area contributed by atoms with Gasteiger partial charge in [-0.15, -0.1) is 0 Å². The summed E-state index contributed by atoms with van der Waals surface area (Å²) in [6.07, 6.45) is 1.70. The van der Waals surface area contributed by atoms with Crippen molar-refractivity contribution < 1.29 is 17.9 Å². The number of hydrogen-bond acceptors (Lipinski definition) is 7. The van der Waals surface area contributed by atoms with Crippen LogP contribution in [0.5, 0.6) is 5.75 Å². The maximum atomic E-state index is 13.5. The van der Waals surface area contributed by atoms with E-state index in [2.05, 4.69) is 4.98 Å². The molecular weight excluding hydrogens is 472 g/mol. The number of unbranched alkanes of at least 4 members (excludes halogenated alkanes) is 1. The fourth-order valence-electron chi connectivity index (χ4n) is 3.33. The molecule has 0 unspecified atom stereocenters. The van der Waals surface area contributed by atoms with Gasteiger partial charge in [0.2, 0.25) is 10.0 Å². The second kappa shape index (κ2) is 11.3. The van der Waals surface area contributed by atoms with E-state index in [9.17, 15) is 13.2 Å². The molecule has 0 aliphatic carbocycles. The topological polar surface area (TPSA) is 83.1 Å². The van der Waals surface area contributed by atoms with Gasteiger partial charge < -0.3 is 9.64 Å². The first-order valence-electron chi connectivity index (χ1n) is 11.1. The number of thiazole rings is 1. The normalized spacial score (nSPS) is 12.0. The first-order valence-corrected chi connectivity index (χ1v) is 13.4. The smallest absolute Gasteiger partial charge is 0.260 e. The van der Waals surface area contributed by atoms with Gasteiger partial charge in [0.15, 0.2) is 5.13 Å². The third kappa shape index (κ3) is 5.93. The average molecular weight is 505 g/mol. The number of anilines is 1. The lowest BCUT2D eigenvalue weighted by molar-refractivity contribution is 0.0985. The van der Waals surface area contributed by atoms with Crippen LogP contribution in [0.2, 0.25) is 0 Å². The monoisotopic (exact) mass is 504 g/mol. The molecule has 10 heteroatoms. The average Bonchev–Trinajstić information content (AvgIpc) is 3.25. The van der Waals surface area contributed by atoms with Crippen LogP contribution >= 0.6 is 11.3 Å². The molecule has 0 fully saturated rings. The molecule has 1 heterocycles. The van der Waals surface area contributed by atoms with Crippen molar-refractivity contribution >= 4 is 42.6 Å². The highest BCUT2D eigenvalue weighted by Crippen LogP contribution is 2.32. The number of sulfonamides is 1. The molecular formula is C24H32N4O4S2. The molecule has 0 bridgehead atoms. The van der Waals surface area contributed by atoms with Crippen LogP contribution in [0.4, 0.5) is 5.13 Å². The van der Waals surface area contributed by atoms with Crippen molar-refractivity contribution in [1.29, 1.82) is 0 Å². The lowest BCUT2D eigenvalue weighted by Gasteiger charge is -2.22. The van der Waals surface area contributed by atoms with Gasteiger partial charge in [0.1, 0.15) is 5.75 Å². The zero-order valence-electron chi connectivity index (χ0n) is 20.3. The van der Waals surface area contributed by atoms with Gasteiger partial charge in [-0.05, 0) is 56.9 Å². The van der Waals surface area contributed by atoms with Gasteiger partial charge in [0.05, 0.1) is 22.2 Å². The molecule has 0 N–H and O–H groups in total. The number of likely N-dealkylation sites (N-methyl/N-ethyl adjacent to an activating group) is 1. The number of fused-ring (bicyclic) bond motifs is 1. The molecule has 3 rings (SSSR count). The fraction of sp³-hybridized carbons (Fsp3) is 0.417. The lowest BCUT2D eigenvalue weighted by atomic mass is 10.2. The molecule has 34 heavy (non-hydrogen) atoms. The van der Waals surface area contributed by atoms with Crippen LogP contribution in [-0.2, 0) is 10.0 Å². The van der Waals surface area contributed by atoms with E-state index in [0.717, 1.165) is 23.1 Å². The summed E-state index contributed by atoms with van der Waals surface area (Å²) in [5.41, 5.74) is 1.17. The van der Waals surface area contributed by atoms with E-state index in [1.165, 1.54) is 27.8 Å².